The van der Waals surface area contributed by atoms with Crippen molar-refractivity contribution in [3.8, 4) is 5.75 Å². The zero-order valence-corrected chi connectivity index (χ0v) is 13.0. The second-order valence-corrected chi connectivity index (χ2v) is 5.59. The van der Waals surface area contributed by atoms with Crippen molar-refractivity contribution in [1.82, 2.24) is 0 Å². The molecule has 0 aliphatic heterocycles. The van der Waals surface area contributed by atoms with Crippen LogP contribution in [-0.2, 0) is 6.54 Å². The van der Waals surface area contributed by atoms with E-state index < -0.39 is 0 Å². The summed E-state index contributed by atoms with van der Waals surface area (Å²) in [6.45, 7) is 5.52. The third kappa shape index (κ3) is 3.38. The summed E-state index contributed by atoms with van der Waals surface area (Å²) >= 11 is 12.0. The Kier molecular flexibility index (Phi) is 4.79. The van der Waals surface area contributed by atoms with Crippen LogP contribution < -0.4 is 4.90 Å². The van der Waals surface area contributed by atoms with Gasteiger partial charge in [0, 0.05) is 29.4 Å². The highest BCUT2D eigenvalue weighted by Gasteiger charge is 2.12. The molecule has 0 bridgehead atoms. The van der Waals surface area contributed by atoms with Gasteiger partial charge in [-0.05, 0) is 43.7 Å². The van der Waals surface area contributed by atoms with Crippen LogP contribution in [0.2, 0.25) is 10.0 Å². The molecule has 20 heavy (non-hydrogen) atoms. The first-order valence-corrected chi connectivity index (χ1v) is 7.25. The van der Waals surface area contributed by atoms with E-state index in [-0.39, 0.29) is 10.8 Å². The molecule has 0 unspecified atom stereocenters. The van der Waals surface area contributed by atoms with Crippen LogP contribution in [0, 0.1) is 6.92 Å². The zero-order chi connectivity index (χ0) is 14.7. The molecule has 2 aromatic rings. The number of nitrogens with zero attached hydrogens (tertiary/aromatic N) is 1. The third-order valence-corrected chi connectivity index (χ3v) is 3.72. The summed E-state index contributed by atoms with van der Waals surface area (Å²) < 4.78 is 0. The Labute approximate surface area is 129 Å². The van der Waals surface area contributed by atoms with Crippen molar-refractivity contribution in [3.05, 3.63) is 57.6 Å². The predicted octanol–water partition coefficient (Wildman–Crippen LogP) is 5.03. The average Bonchev–Trinajstić information content (AvgIpc) is 2.41. The lowest BCUT2D eigenvalue weighted by Gasteiger charge is -2.24. The number of anilines is 1. The summed E-state index contributed by atoms with van der Waals surface area (Å²) in [6, 6.07) is 11.6. The molecule has 0 aromatic heterocycles. The van der Waals surface area contributed by atoms with Crippen molar-refractivity contribution in [2.24, 2.45) is 0 Å². The molecule has 0 heterocycles. The Morgan fingerprint density at radius 1 is 1.15 bits per heavy atom. The minimum absolute atomic E-state index is 0.0992. The van der Waals surface area contributed by atoms with Crippen LogP contribution in [0.3, 0.4) is 0 Å². The Morgan fingerprint density at radius 2 is 1.90 bits per heavy atom. The van der Waals surface area contributed by atoms with Gasteiger partial charge in [0.05, 0.1) is 5.02 Å². The molecule has 0 spiro atoms. The Balaban J connectivity index is 2.31. The van der Waals surface area contributed by atoms with E-state index in [1.807, 2.05) is 6.07 Å². The molecule has 0 saturated carbocycles. The number of halogens is 2. The van der Waals surface area contributed by atoms with Gasteiger partial charge < -0.3 is 10.0 Å². The van der Waals surface area contributed by atoms with Crippen LogP contribution in [0.5, 0.6) is 5.75 Å². The molecule has 1 N–H and O–H groups in total. The Morgan fingerprint density at radius 3 is 2.55 bits per heavy atom. The molecule has 0 fully saturated rings. The number of hydrogen-bond acceptors (Lipinski definition) is 2. The molecule has 0 atom stereocenters. The molecular formula is C16H17Cl2NO. The van der Waals surface area contributed by atoms with Crippen LogP contribution in [-0.4, -0.2) is 11.7 Å². The Hall–Kier alpha value is -1.38. The van der Waals surface area contributed by atoms with Gasteiger partial charge in [0.2, 0.25) is 0 Å². The largest absolute Gasteiger partial charge is 0.506 e. The van der Waals surface area contributed by atoms with Gasteiger partial charge >= 0.3 is 0 Å². The molecule has 0 saturated heterocycles. The molecule has 4 heteroatoms. The zero-order valence-electron chi connectivity index (χ0n) is 11.5. The van der Waals surface area contributed by atoms with Gasteiger partial charge in [-0.25, -0.2) is 0 Å². The van der Waals surface area contributed by atoms with E-state index in [1.165, 1.54) is 5.56 Å². The minimum atomic E-state index is 0.0992. The number of rotatable bonds is 4. The SMILES string of the molecule is CCN(Cc1cc(Cl)cc(Cl)c1O)c1cccc(C)c1. The van der Waals surface area contributed by atoms with Gasteiger partial charge in [-0.15, -0.1) is 0 Å². The van der Waals surface area contributed by atoms with E-state index in [2.05, 4.69) is 36.9 Å². The van der Waals surface area contributed by atoms with Crippen LogP contribution >= 0.6 is 23.2 Å². The highest BCUT2D eigenvalue weighted by molar-refractivity contribution is 6.35. The second kappa shape index (κ2) is 6.38. The van der Waals surface area contributed by atoms with Crippen molar-refractivity contribution < 1.29 is 5.11 Å². The lowest BCUT2D eigenvalue weighted by Crippen LogP contribution is -2.22. The molecule has 0 aliphatic carbocycles. The number of phenols is 1. The van der Waals surface area contributed by atoms with Crippen LogP contribution in [0.4, 0.5) is 5.69 Å². The minimum Gasteiger partial charge on any atom is -0.506 e. The molecular weight excluding hydrogens is 293 g/mol. The predicted molar refractivity (Wildman–Crippen MR) is 86.0 cm³/mol. The van der Waals surface area contributed by atoms with Gasteiger partial charge in [-0.3, -0.25) is 0 Å². The van der Waals surface area contributed by atoms with E-state index in [0.717, 1.165) is 17.8 Å². The molecule has 0 aliphatic rings. The van der Waals surface area contributed by atoms with E-state index in [0.29, 0.717) is 11.6 Å². The summed E-state index contributed by atoms with van der Waals surface area (Å²) in [5, 5.41) is 10.9. The van der Waals surface area contributed by atoms with Gasteiger partial charge in [0.1, 0.15) is 5.75 Å². The third-order valence-electron chi connectivity index (χ3n) is 3.22. The van der Waals surface area contributed by atoms with E-state index in [1.54, 1.807) is 12.1 Å². The first-order valence-electron chi connectivity index (χ1n) is 6.49. The average molecular weight is 310 g/mol. The second-order valence-electron chi connectivity index (χ2n) is 4.75. The number of hydrogen-bond donors (Lipinski definition) is 1. The first kappa shape index (κ1) is 15.0. The van der Waals surface area contributed by atoms with Crippen LogP contribution in [0.25, 0.3) is 0 Å². The van der Waals surface area contributed by atoms with Crippen molar-refractivity contribution in [1.29, 1.82) is 0 Å². The monoisotopic (exact) mass is 309 g/mol. The number of aryl methyl sites for hydroxylation is 1. The highest BCUT2D eigenvalue weighted by atomic mass is 35.5. The maximum atomic E-state index is 10.1. The molecule has 0 radical (unpaired) electrons. The highest BCUT2D eigenvalue weighted by Crippen LogP contribution is 2.32. The lowest BCUT2D eigenvalue weighted by molar-refractivity contribution is 0.467. The molecule has 0 amide bonds. The normalized spacial score (nSPS) is 10.6. The fraction of sp³-hybridized carbons (Fsp3) is 0.250. The van der Waals surface area contributed by atoms with Crippen molar-refractivity contribution in [2.75, 3.05) is 11.4 Å². The van der Waals surface area contributed by atoms with Gasteiger partial charge in [-0.2, -0.15) is 0 Å². The van der Waals surface area contributed by atoms with Gasteiger partial charge in [0.25, 0.3) is 0 Å². The fourth-order valence-electron chi connectivity index (χ4n) is 2.16. The summed E-state index contributed by atoms with van der Waals surface area (Å²) in [5.41, 5.74) is 3.04. The first-order chi connectivity index (χ1) is 9.51. The van der Waals surface area contributed by atoms with Crippen molar-refractivity contribution in [3.63, 3.8) is 0 Å². The smallest absolute Gasteiger partial charge is 0.139 e. The molecule has 106 valence electrons. The molecule has 2 aromatic carbocycles. The standard InChI is InChI=1S/C16H17Cl2NO/c1-3-19(14-6-4-5-11(2)7-14)10-12-8-13(17)9-15(18)16(12)20/h4-9,20H,3,10H2,1-2H3. The van der Waals surface area contributed by atoms with Crippen molar-refractivity contribution in [2.45, 2.75) is 20.4 Å². The topological polar surface area (TPSA) is 23.5 Å². The van der Waals surface area contributed by atoms with E-state index in [9.17, 15) is 5.11 Å². The van der Waals surface area contributed by atoms with Gasteiger partial charge in [0.15, 0.2) is 0 Å². The quantitative estimate of drug-likeness (QED) is 0.855. The molecule has 2 nitrogen and oxygen atoms in total. The van der Waals surface area contributed by atoms with Gasteiger partial charge in [-0.1, -0.05) is 35.3 Å². The summed E-state index contributed by atoms with van der Waals surface area (Å²) in [4.78, 5) is 2.16. The number of aromatic hydroxyl groups is 1. The van der Waals surface area contributed by atoms with E-state index in [4.69, 9.17) is 23.2 Å². The Bertz CT molecular complexity index is 613. The lowest BCUT2D eigenvalue weighted by atomic mass is 10.1. The summed E-state index contributed by atoms with van der Waals surface area (Å²) in [5.74, 6) is 0.0992. The fourth-order valence-corrected chi connectivity index (χ4v) is 2.69. The molecule has 2 rings (SSSR count). The van der Waals surface area contributed by atoms with Crippen molar-refractivity contribution >= 4 is 28.9 Å². The summed E-state index contributed by atoms with van der Waals surface area (Å²) in [7, 11) is 0. The summed E-state index contributed by atoms with van der Waals surface area (Å²) in [6.07, 6.45) is 0. The van der Waals surface area contributed by atoms with E-state index >= 15 is 0 Å². The number of benzene rings is 2. The van der Waals surface area contributed by atoms with Crippen LogP contribution in [0.15, 0.2) is 36.4 Å². The number of phenolic OH excluding ortho intramolecular Hbond substituents is 1. The maximum Gasteiger partial charge on any atom is 0.139 e. The van der Waals surface area contributed by atoms with Crippen LogP contribution in [0.1, 0.15) is 18.1 Å². The maximum absolute atomic E-state index is 10.1.